The van der Waals surface area contributed by atoms with Crippen LogP contribution >= 0.6 is 0 Å². The first-order valence-corrected chi connectivity index (χ1v) is 13.5. The molecule has 1 fully saturated rings. The van der Waals surface area contributed by atoms with Crippen LogP contribution in [-0.2, 0) is 32.0 Å². The molecule has 202 valence electrons. The molecule has 1 aromatic heterocycles. The van der Waals surface area contributed by atoms with E-state index >= 15 is 0 Å². The van der Waals surface area contributed by atoms with Crippen LogP contribution < -0.4 is 0 Å². The summed E-state index contributed by atoms with van der Waals surface area (Å²) < 4.78 is 6.04. The molecular weight excluding hydrogens is 480 g/mol. The second kappa shape index (κ2) is 13.2. The molecule has 2 heterocycles. The fourth-order valence-electron chi connectivity index (χ4n) is 4.99. The van der Waals surface area contributed by atoms with Gasteiger partial charge in [0.25, 0.3) is 0 Å². The zero-order valence-corrected chi connectivity index (χ0v) is 22.4. The lowest BCUT2D eigenvalue weighted by atomic mass is 10.1. The molecule has 8 heteroatoms. The summed E-state index contributed by atoms with van der Waals surface area (Å²) in [5, 5.41) is 1.11. The van der Waals surface area contributed by atoms with Crippen LogP contribution in [0.25, 0.3) is 10.9 Å². The molecule has 8 nitrogen and oxygen atoms in total. The molecule has 3 amide bonds. The quantitative estimate of drug-likeness (QED) is 0.422. The van der Waals surface area contributed by atoms with Crippen molar-refractivity contribution in [1.82, 2.24) is 19.7 Å². The zero-order valence-electron chi connectivity index (χ0n) is 22.4. The Morgan fingerprint density at radius 3 is 2.50 bits per heavy atom. The van der Waals surface area contributed by atoms with Crippen LogP contribution in [0.2, 0.25) is 0 Å². The van der Waals surface area contributed by atoms with Crippen LogP contribution in [0.4, 0.5) is 0 Å². The number of ether oxygens (including phenoxy) is 1. The van der Waals surface area contributed by atoms with Crippen molar-refractivity contribution < 1.29 is 19.1 Å². The lowest BCUT2D eigenvalue weighted by molar-refractivity contribution is -0.139. The summed E-state index contributed by atoms with van der Waals surface area (Å²) in [6, 6.07) is 18.0. The molecule has 1 N–H and O–H groups in total. The number of fused-ring (bicyclic) bond motifs is 1. The van der Waals surface area contributed by atoms with Crippen LogP contribution in [0.3, 0.4) is 0 Å². The molecule has 4 rings (SSSR count). The lowest BCUT2D eigenvalue weighted by Gasteiger charge is -2.26. The van der Waals surface area contributed by atoms with Gasteiger partial charge in [-0.1, -0.05) is 48.5 Å². The highest BCUT2D eigenvalue weighted by molar-refractivity contribution is 5.87. The Labute approximate surface area is 224 Å². The molecule has 0 bridgehead atoms. The molecule has 0 saturated carbocycles. The summed E-state index contributed by atoms with van der Waals surface area (Å²) in [5.41, 5.74) is 3.27. The number of aromatic nitrogens is 1. The number of hydrogen-bond donors (Lipinski definition) is 1. The number of benzene rings is 2. The van der Waals surface area contributed by atoms with Gasteiger partial charge in [0.2, 0.25) is 17.7 Å². The Morgan fingerprint density at radius 1 is 1.00 bits per heavy atom. The molecule has 0 spiro atoms. The molecule has 1 saturated heterocycles. The Bertz CT molecular complexity index is 1220. The smallest absolute Gasteiger partial charge is 0.248 e. The molecule has 1 atom stereocenters. The van der Waals surface area contributed by atoms with Gasteiger partial charge in [-0.2, -0.15) is 0 Å². The molecule has 0 radical (unpaired) electrons. The Balaban J connectivity index is 1.43. The average molecular weight is 519 g/mol. The SMILES string of the molecule is CCN(CC)C(=O)CO[C@@H]1CN(CCc2ccccc2)C(=O)CN(C(=O)CCc2c[nH]c3ccccc23)C1. The molecule has 2 aromatic carbocycles. The van der Waals surface area contributed by atoms with Gasteiger partial charge >= 0.3 is 0 Å². The first kappa shape index (κ1) is 27.4. The molecule has 1 aliphatic rings. The normalized spacial score (nSPS) is 16.1. The molecular formula is C30H38N4O4. The third kappa shape index (κ3) is 7.01. The largest absolute Gasteiger partial charge is 0.365 e. The predicted molar refractivity (Wildman–Crippen MR) is 148 cm³/mol. The van der Waals surface area contributed by atoms with Crippen LogP contribution in [0, 0.1) is 0 Å². The fourth-order valence-corrected chi connectivity index (χ4v) is 4.99. The van der Waals surface area contributed by atoms with Crippen molar-refractivity contribution in [2.45, 2.75) is 39.2 Å². The maximum Gasteiger partial charge on any atom is 0.248 e. The highest BCUT2D eigenvalue weighted by atomic mass is 16.5. The second-order valence-electron chi connectivity index (χ2n) is 9.71. The topological polar surface area (TPSA) is 85.9 Å². The van der Waals surface area contributed by atoms with Gasteiger partial charge < -0.3 is 24.4 Å². The van der Waals surface area contributed by atoms with Crippen molar-refractivity contribution >= 4 is 28.6 Å². The van der Waals surface area contributed by atoms with E-state index in [1.165, 1.54) is 0 Å². The zero-order chi connectivity index (χ0) is 26.9. The minimum absolute atomic E-state index is 0.0192. The van der Waals surface area contributed by atoms with Gasteiger partial charge in [-0.15, -0.1) is 0 Å². The van der Waals surface area contributed by atoms with Crippen molar-refractivity contribution in [2.24, 2.45) is 0 Å². The lowest BCUT2D eigenvalue weighted by Crippen LogP contribution is -2.41. The van der Waals surface area contributed by atoms with E-state index < -0.39 is 6.10 Å². The summed E-state index contributed by atoms with van der Waals surface area (Å²) >= 11 is 0. The number of H-pyrrole nitrogens is 1. The van der Waals surface area contributed by atoms with Crippen molar-refractivity contribution in [2.75, 3.05) is 45.9 Å². The van der Waals surface area contributed by atoms with E-state index in [9.17, 15) is 14.4 Å². The Morgan fingerprint density at radius 2 is 1.74 bits per heavy atom. The molecule has 38 heavy (non-hydrogen) atoms. The first-order valence-electron chi connectivity index (χ1n) is 13.5. The van der Waals surface area contributed by atoms with Gasteiger partial charge in [0.1, 0.15) is 6.61 Å². The number of para-hydroxylation sites is 1. The maximum atomic E-state index is 13.3. The summed E-state index contributed by atoms with van der Waals surface area (Å²) in [7, 11) is 0. The van der Waals surface area contributed by atoms with Crippen molar-refractivity contribution in [3.8, 4) is 0 Å². The minimum atomic E-state index is -0.436. The number of aromatic amines is 1. The first-order chi connectivity index (χ1) is 18.5. The number of likely N-dealkylation sites (N-methyl/N-ethyl adjacent to an activating group) is 1. The van der Waals surface area contributed by atoms with Gasteiger partial charge in [0.15, 0.2) is 0 Å². The van der Waals surface area contributed by atoms with Crippen molar-refractivity contribution in [1.29, 1.82) is 0 Å². The molecule has 0 aliphatic carbocycles. The van der Waals surface area contributed by atoms with E-state index in [1.54, 1.807) is 14.7 Å². The second-order valence-corrected chi connectivity index (χ2v) is 9.71. The monoisotopic (exact) mass is 518 g/mol. The van der Waals surface area contributed by atoms with E-state index in [4.69, 9.17) is 4.74 Å². The van der Waals surface area contributed by atoms with E-state index in [-0.39, 0.29) is 37.4 Å². The van der Waals surface area contributed by atoms with E-state index in [2.05, 4.69) is 4.98 Å². The van der Waals surface area contributed by atoms with E-state index in [0.29, 0.717) is 45.4 Å². The van der Waals surface area contributed by atoms with Crippen LogP contribution in [-0.4, -0.2) is 89.4 Å². The molecule has 0 unspecified atom stereocenters. The summed E-state index contributed by atoms with van der Waals surface area (Å²) in [4.78, 5) is 47.5. The number of nitrogens with one attached hydrogen (secondary N) is 1. The third-order valence-corrected chi connectivity index (χ3v) is 7.23. The van der Waals surface area contributed by atoms with Crippen LogP contribution in [0.1, 0.15) is 31.4 Å². The number of carbonyl (C=O) groups is 3. The average Bonchev–Trinajstić information content (AvgIpc) is 3.28. The number of amides is 3. The third-order valence-electron chi connectivity index (χ3n) is 7.23. The van der Waals surface area contributed by atoms with Crippen molar-refractivity contribution in [3.05, 3.63) is 71.9 Å². The summed E-state index contributed by atoms with van der Waals surface area (Å²) in [6.07, 6.45) is 3.10. The van der Waals surface area contributed by atoms with Crippen LogP contribution in [0.5, 0.6) is 0 Å². The number of nitrogens with zero attached hydrogens (tertiary/aromatic N) is 3. The molecule has 1 aliphatic heterocycles. The van der Waals surface area contributed by atoms with Crippen molar-refractivity contribution in [3.63, 3.8) is 0 Å². The number of aryl methyl sites for hydroxylation is 1. The van der Waals surface area contributed by atoms with Gasteiger partial charge in [-0.05, 0) is 43.9 Å². The summed E-state index contributed by atoms with van der Waals surface area (Å²) in [6.45, 7) is 6.22. The van der Waals surface area contributed by atoms with E-state index in [1.807, 2.05) is 74.6 Å². The Hall–Kier alpha value is -3.65. The Kier molecular flexibility index (Phi) is 9.54. The van der Waals surface area contributed by atoms with Gasteiger partial charge in [-0.3, -0.25) is 14.4 Å². The molecule has 3 aromatic rings. The van der Waals surface area contributed by atoms with Gasteiger partial charge in [0.05, 0.1) is 12.6 Å². The number of rotatable bonds is 11. The number of hydrogen-bond acceptors (Lipinski definition) is 4. The van der Waals surface area contributed by atoms with Gasteiger partial charge in [0, 0.05) is 56.2 Å². The highest BCUT2D eigenvalue weighted by Crippen LogP contribution is 2.20. The number of carbonyl (C=O) groups excluding carboxylic acids is 3. The van der Waals surface area contributed by atoms with E-state index in [0.717, 1.165) is 22.0 Å². The highest BCUT2D eigenvalue weighted by Gasteiger charge is 2.31. The van der Waals surface area contributed by atoms with Gasteiger partial charge in [-0.25, -0.2) is 0 Å². The minimum Gasteiger partial charge on any atom is -0.365 e. The predicted octanol–water partition coefficient (Wildman–Crippen LogP) is 3.27. The maximum absolute atomic E-state index is 13.3. The fraction of sp³-hybridized carbons (Fsp3) is 0.433. The standard InChI is InChI=1S/C30H38N4O4/c1-3-32(4-2)30(37)22-38-25-19-33(17-16-23-10-6-5-7-11-23)29(36)21-34(20-25)28(35)15-14-24-18-31-27-13-9-8-12-26(24)27/h5-13,18,25,31H,3-4,14-17,19-22H2,1-2H3/t25-/m1/s1. The summed E-state index contributed by atoms with van der Waals surface area (Å²) in [5.74, 6) is -0.265. The van der Waals surface area contributed by atoms with Crippen LogP contribution in [0.15, 0.2) is 60.8 Å².